The Kier molecular flexibility index (Phi) is 4.79. The second-order valence-electron chi connectivity index (χ2n) is 7.11. The van der Waals surface area contributed by atoms with Gasteiger partial charge in [0.25, 0.3) is 5.91 Å². The first-order chi connectivity index (χ1) is 14.0. The van der Waals surface area contributed by atoms with Gasteiger partial charge in [-0.1, -0.05) is 0 Å². The van der Waals surface area contributed by atoms with Crippen LogP contribution in [0, 0.1) is 5.82 Å². The van der Waals surface area contributed by atoms with Gasteiger partial charge in [0.15, 0.2) is 0 Å². The van der Waals surface area contributed by atoms with Gasteiger partial charge in [0.05, 0.1) is 15.5 Å². The van der Waals surface area contributed by atoms with E-state index in [1.54, 1.807) is 0 Å². The van der Waals surface area contributed by atoms with Gasteiger partial charge in [-0.15, -0.1) is 0 Å². The molecule has 0 bridgehead atoms. The molecule has 1 aliphatic heterocycles. The van der Waals surface area contributed by atoms with Crippen molar-refractivity contribution in [3.8, 4) is 0 Å². The van der Waals surface area contributed by atoms with E-state index in [1.165, 1.54) is 12.1 Å². The highest BCUT2D eigenvalue weighted by Crippen LogP contribution is 2.55. The van der Waals surface area contributed by atoms with Crippen LogP contribution in [-0.2, 0) is 16.4 Å². The zero-order valence-corrected chi connectivity index (χ0v) is 16.5. The SMILES string of the molecule is O=C(CN1C[C@@]2(C[C@H]2F)c2c(ccc(Br)c2F)C1=O)Nc1ncc(C(F)(F)F)cn1. The molecule has 0 unspecified atom stereocenters. The molecule has 2 amide bonds. The molecule has 1 aromatic heterocycles. The number of nitrogens with zero attached hydrogens (tertiary/aromatic N) is 3. The fraction of sp³-hybridized carbons (Fsp3) is 0.333. The number of hydrogen-bond donors (Lipinski definition) is 1. The van der Waals surface area contributed by atoms with Crippen molar-refractivity contribution in [2.45, 2.75) is 24.2 Å². The number of hydrogen-bond acceptors (Lipinski definition) is 4. The maximum atomic E-state index is 14.6. The van der Waals surface area contributed by atoms with Gasteiger partial charge in [-0.2, -0.15) is 13.2 Å². The summed E-state index contributed by atoms with van der Waals surface area (Å²) < 4.78 is 66.6. The highest BCUT2D eigenvalue weighted by molar-refractivity contribution is 9.10. The molecule has 2 aliphatic rings. The molecule has 1 aromatic carbocycles. The summed E-state index contributed by atoms with van der Waals surface area (Å²) in [4.78, 5) is 32.9. The first-order valence-electron chi connectivity index (χ1n) is 8.64. The normalized spacial score (nSPS) is 22.8. The number of rotatable bonds is 3. The highest BCUT2D eigenvalue weighted by atomic mass is 79.9. The van der Waals surface area contributed by atoms with Crippen LogP contribution in [0.25, 0.3) is 0 Å². The third-order valence-corrected chi connectivity index (χ3v) is 5.74. The fourth-order valence-corrected chi connectivity index (χ4v) is 3.90. The van der Waals surface area contributed by atoms with Gasteiger partial charge in [-0.25, -0.2) is 18.7 Å². The second kappa shape index (κ2) is 6.96. The largest absolute Gasteiger partial charge is 0.419 e. The molecule has 158 valence electrons. The topological polar surface area (TPSA) is 75.2 Å². The average Bonchev–Trinajstić information content (AvgIpc) is 3.30. The summed E-state index contributed by atoms with van der Waals surface area (Å²) in [5.74, 6) is -2.51. The maximum absolute atomic E-state index is 14.6. The summed E-state index contributed by atoms with van der Waals surface area (Å²) in [7, 11) is 0. The van der Waals surface area contributed by atoms with Gasteiger partial charge < -0.3 is 4.90 Å². The summed E-state index contributed by atoms with van der Waals surface area (Å²) >= 11 is 3.03. The predicted molar refractivity (Wildman–Crippen MR) is 96.9 cm³/mol. The number of aromatic nitrogens is 2. The van der Waals surface area contributed by atoms with Crippen LogP contribution in [0.15, 0.2) is 29.0 Å². The molecule has 0 radical (unpaired) electrons. The molecule has 2 atom stereocenters. The molecule has 12 heteroatoms. The number of halogens is 6. The summed E-state index contributed by atoms with van der Waals surface area (Å²) in [6.07, 6.45) is -4.95. The first kappa shape index (κ1) is 20.6. The first-order valence-corrected chi connectivity index (χ1v) is 9.43. The minimum absolute atomic E-state index is 0.00268. The molecule has 2 heterocycles. The minimum atomic E-state index is -4.62. The van der Waals surface area contributed by atoms with Gasteiger partial charge in [0.1, 0.15) is 18.5 Å². The number of fused-ring (bicyclic) bond motifs is 2. The van der Waals surface area contributed by atoms with Crippen molar-refractivity contribution in [3.63, 3.8) is 0 Å². The quantitative estimate of drug-likeness (QED) is 0.668. The van der Waals surface area contributed by atoms with Crippen LogP contribution in [0.3, 0.4) is 0 Å². The van der Waals surface area contributed by atoms with Crippen molar-refractivity contribution in [2.24, 2.45) is 0 Å². The van der Waals surface area contributed by atoms with Crippen LogP contribution in [0.4, 0.5) is 27.9 Å². The third-order valence-electron chi connectivity index (χ3n) is 5.13. The van der Waals surface area contributed by atoms with Crippen molar-refractivity contribution in [2.75, 3.05) is 18.4 Å². The molecular formula is C18H12BrF5N4O2. The van der Waals surface area contributed by atoms with Crippen molar-refractivity contribution in [3.05, 3.63) is 51.5 Å². The van der Waals surface area contributed by atoms with E-state index in [0.717, 1.165) is 4.90 Å². The molecule has 2 aromatic rings. The second-order valence-corrected chi connectivity index (χ2v) is 7.97. The van der Waals surface area contributed by atoms with E-state index in [1.807, 2.05) is 0 Å². The van der Waals surface area contributed by atoms with E-state index in [4.69, 9.17) is 0 Å². The number of nitrogens with one attached hydrogen (secondary N) is 1. The van der Waals surface area contributed by atoms with Gasteiger partial charge in [-0.3, -0.25) is 14.9 Å². The highest BCUT2D eigenvalue weighted by Gasteiger charge is 2.62. The molecule has 0 saturated heterocycles. The van der Waals surface area contributed by atoms with Crippen molar-refractivity contribution in [1.82, 2.24) is 14.9 Å². The maximum Gasteiger partial charge on any atom is 0.419 e. The lowest BCUT2D eigenvalue weighted by Gasteiger charge is -2.34. The lowest BCUT2D eigenvalue weighted by molar-refractivity contribution is -0.138. The number of carbonyl (C=O) groups is 2. The standard InChI is InChI=1S/C18H12BrF5N4O2/c19-10-2-1-9-13(14(10)21)17(3-11(17)20)7-28(15(9)30)6-12(29)27-16-25-4-8(5-26-16)18(22,23)24/h1-2,4-5,11H,3,6-7H2,(H,25,26,27,29)/t11-,17-/m1/s1. The van der Waals surface area contributed by atoms with Crippen molar-refractivity contribution < 1.29 is 31.5 Å². The Morgan fingerprint density at radius 2 is 1.93 bits per heavy atom. The number of amides is 2. The fourth-order valence-electron chi connectivity index (χ4n) is 3.56. The zero-order chi connectivity index (χ0) is 21.8. The predicted octanol–water partition coefficient (Wildman–Crippen LogP) is 3.47. The van der Waals surface area contributed by atoms with Crippen LogP contribution >= 0.6 is 15.9 Å². The molecule has 6 nitrogen and oxygen atoms in total. The summed E-state index contributed by atoms with van der Waals surface area (Å²) in [5, 5.41) is 2.19. The van der Waals surface area contributed by atoms with Gasteiger partial charge in [-0.05, 0) is 34.5 Å². The lowest BCUT2D eigenvalue weighted by Crippen LogP contribution is -2.48. The molecule has 1 saturated carbocycles. The van der Waals surface area contributed by atoms with Crippen LogP contribution in [-0.4, -0.2) is 45.9 Å². The Bertz CT molecular complexity index is 1050. The smallest absolute Gasteiger partial charge is 0.328 e. The monoisotopic (exact) mass is 490 g/mol. The Labute approximate surface area is 174 Å². The minimum Gasteiger partial charge on any atom is -0.328 e. The molecule has 1 aliphatic carbocycles. The zero-order valence-electron chi connectivity index (χ0n) is 14.9. The molecule has 1 fully saturated rings. The van der Waals surface area contributed by atoms with Crippen molar-refractivity contribution in [1.29, 1.82) is 0 Å². The van der Waals surface area contributed by atoms with E-state index in [2.05, 4.69) is 31.2 Å². The van der Waals surface area contributed by atoms with Crippen LogP contribution in [0.5, 0.6) is 0 Å². The van der Waals surface area contributed by atoms with Crippen LogP contribution < -0.4 is 5.32 Å². The van der Waals surface area contributed by atoms with Gasteiger partial charge in [0.2, 0.25) is 11.9 Å². The molecule has 1 N–H and O–H groups in total. The Morgan fingerprint density at radius 3 is 2.50 bits per heavy atom. The molecule has 4 rings (SSSR count). The van der Waals surface area contributed by atoms with Crippen molar-refractivity contribution >= 4 is 33.7 Å². The lowest BCUT2D eigenvalue weighted by atomic mass is 9.85. The van der Waals surface area contributed by atoms with Crippen LogP contribution in [0.2, 0.25) is 0 Å². The number of benzene rings is 1. The summed E-state index contributed by atoms with van der Waals surface area (Å²) in [5.41, 5.74) is -2.33. The summed E-state index contributed by atoms with van der Waals surface area (Å²) in [6.45, 7) is -0.719. The van der Waals surface area contributed by atoms with E-state index in [9.17, 15) is 31.5 Å². The van der Waals surface area contributed by atoms with Crippen LogP contribution in [0.1, 0.15) is 27.9 Å². The Hall–Kier alpha value is -2.63. The van der Waals surface area contributed by atoms with Gasteiger partial charge >= 0.3 is 6.18 Å². The molecule has 1 spiro atoms. The van der Waals surface area contributed by atoms with E-state index in [-0.39, 0.29) is 34.5 Å². The third kappa shape index (κ3) is 3.42. The van der Waals surface area contributed by atoms with E-state index >= 15 is 0 Å². The number of carbonyl (C=O) groups excluding carboxylic acids is 2. The number of alkyl halides is 4. The number of anilines is 1. The molecule has 30 heavy (non-hydrogen) atoms. The summed E-state index contributed by atoms with van der Waals surface area (Å²) in [6, 6.07) is 2.69. The van der Waals surface area contributed by atoms with E-state index in [0.29, 0.717) is 12.4 Å². The van der Waals surface area contributed by atoms with Gasteiger partial charge in [0, 0.05) is 30.1 Å². The Balaban J connectivity index is 1.52. The Morgan fingerprint density at radius 1 is 1.30 bits per heavy atom. The molecular weight excluding hydrogens is 479 g/mol. The van der Waals surface area contributed by atoms with E-state index < -0.39 is 47.5 Å². The average molecular weight is 491 g/mol.